The summed E-state index contributed by atoms with van der Waals surface area (Å²) in [6, 6.07) is 0.559. The number of nitrogens with zero attached hydrogens (tertiary/aromatic N) is 1. The summed E-state index contributed by atoms with van der Waals surface area (Å²) in [5, 5.41) is 0. The van der Waals surface area contributed by atoms with Crippen molar-refractivity contribution in [3.63, 3.8) is 0 Å². The molecule has 0 aliphatic rings. The Morgan fingerprint density at radius 2 is 1.33 bits per heavy atom. The fraction of sp³-hybridized carbons (Fsp3) is 0.882. The van der Waals surface area contributed by atoms with Crippen molar-refractivity contribution in [1.82, 2.24) is 4.90 Å². The van der Waals surface area contributed by atoms with E-state index < -0.39 is 0 Å². The fourth-order valence-electron chi connectivity index (χ4n) is 2.82. The largest absolute Gasteiger partial charge is 0.378 e. The van der Waals surface area contributed by atoms with Gasteiger partial charge in [0.15, 0.2) is 0 Å². The Hall–Kier alpha value is -0.460. The zero-order chi connectivity index (χ0) is 14.5. The second kappa shape index (κ2) is 7.86. The van der Waals surface area contributed by atoms with Crippen molar-refractivity contribution >= 4 is 0 Å². The van der Waals surface area contributed by atoms with Gasteiger partial charge in [-0.05, 0) is 42.7 Å². The van der Waals surface area contributed by atoms with Gasteiger partial charge in [0.2, 0.25) is 0 Å². The summed E-state index contributed by atoms with van der Waals surface area (Å²) >= 11 is 0. The van der Waals surface area contributed by atoms with E-state index in [1.807, 2.05) is 6.20 Å². The Morgan fingerprint density at radius 3 is 1.72 bits per heavy atom. The summed E-state index contributed by atoms with van der Waals surface area (Å²) in [4.78, 5) is 2.24. The van der Waals surface area contributed by atoms with Crippen LogP contribution in [0.3, 0.4) is 0 Å². The maximum Gasteiger partial charge on any atom is 0.0280 e. The van der Waals surface area contributed by atoms with Crippen LogP contribution in [0.5, 0.6) is 0 Å². The summed E-state index contributed by atoms with van der Waals surface area (Å²) < 4.78 is 0. The molecule has 6 atom stereocenters. The van der Waals surface area contributed by atoms with E-state index in [0.29, 0.717) is 12.0 Å². The lowest BCUT2D eigenvalue weighted by atomic mass is 9.72. The molecule has 0 rings (SSSR count). The SMILES string of the molecule is C=CN(C)C(C)C(C)C(C)C(C)C(C)C(C)CC. The van der Waals surface area contributed by atoms with E-state index in [0.717, 1.165) is 23.7 Å². The molecular weight excluding hydrogens is 218 g/mol. The quantitative estimate of drug-likeness (QED) is 0.585. The molecular formula is C17H35N. The summed E-state index contributed by atoms with van der Waals surface area (Å²) in [5.41, 5.74) is 0. The van der Waals surface area contributed by atoms with Gasteiger partial charge >= 0.3 is 0 Å². The third-order valence-corrected chi connectivity index (χ3v) is 5.72. The normalized spacial score (nSPS) is 21.6. The van der Waals surface area contributed by atoms with E-state index in [9.17, 15) is 0 Å². The van der Waals surface area contributed by atoms with Crippen molar-refractivity contribution in [2.75, 3.05) is 7.05 Å². The van der Waals surface area contributed by atoms with Crippen molar-refractivity contribution in [2.24, 2.45) is 29.6 Å². The van der Waals surface area contributed by atoms with Gasteiger partial charge < -0.3 is 4.90 Å². The van der Waals surface area contributed by atoms with Gasteiger partial charge in [-0.1, -0.05) is 54.5 Å². The lowest BCUT2D eigenvalue weighted by Gasteiger charge is -2.38. The van der Waals surface area contributed by atoms with E-state index in [-0.39, 0.29) is 0 Å². The molecule has 18 heavy (non-hydrogen) atoms. The minimum absolute atomic E-state index is 0.559. The van der Waals surface area contributed by atoms with Gasteiger partial charge in [-0.15, -0.1) is 0 Å². The molecule has 0 saturated carbocycles. The highest BCUT2D eigenvalue weighted by Gasteiger charge is 2.29. The van der Waals surface area contributed by atoms with Crippen LogP contribution in [0.1, 0.15) is 54.9 Å². The lowest BCUT2D eigenvalue weighted by Crippen LogP contribution is -2.37. The molecule has 1 heteroatoms. The molecule has 6 unspecified atom stereocenters. The fourth-order valence-corrected chi connectivity index (χ4v) is 2.82. The molecule has 0 aliphatic carbocycles. The number of hydrogen-bond acceptors (Lipinski definition) is 1. The highest BCUT2D eigenvalue weighted by molar-refractivity contribution is 4.83. The molecule has 0 bridgehead atoms. The van der Waals surface area contributed by atoms with E-state index in [4.69, 9.17) is 0 Å². The maximum absolute atomic E-state index is 3.87. The van der Waals surface area contributed by atoms with E-state index in [1.54, 1.807) is 0 Å². The second-order valence-corrected chi connectivity index (χ2v) is 6.41. The van der Waals surface area contributed by atoms with Crippen LogP contribution in [0, 0.1) is 29.6 Å². The average Bonchev–Trinajstić information content (AvgIpc) is 2.40. The first-order chi connectivity index (χ1) is 8.27. The van der Waals surface area contributed by atoms with Gasteiger partial charge in [0, 0.05) is 13.1 Å². The summed E-state index contributed by atoms with van der Waals surface area (Å²) in [5.74, 6) is 3.83. The summed E-state index contributed by atoms with van der Waals surface area (Å²) in [7, 11) is 2.13. The smallest absolute Gasteiger partial charge is 0.0280 e. The van der Waals surface area contributed by atoms with Crippen LogP contribution in [0.25, 0.3) is 0 Å². The van der Waals surface area contributed by atoms with Crippen molar-refractivity contribution in [3.8, 4) is 0 Å². The van der Waals surface area contributed by atoms with Crippen molar-refractivity contribution < 1.29 is 0 Å². The molecule has 0 aromatic rings. The molecule has 0 aromatic carbocycles. The Kier molecular flexibility index (Phi) is 7.66. The summed E-state index contributed by atoms with van der Waals surface area (Å²) in [6.45, 7) is 20.5. The zero-order valence-corrected chi connectivity index (χ0v) is 13.9. The molecule has 0 saturated heterocycles. The molecule has 108 valence electrons. The van der Waals surface area contributed by atoms with Crippen molar-refractivity contribution in [1.29, 1.82) is 0 Å². The highest BCUT2D eigenvalue weighted by atomic mass is 15.1. The van der Waals surface area contributed by atoms with Crippen LogP contribution in [-0.2, 0) is 0 Å². The molecule has 0 spiro atoms. The molecule has 0 radical (unpaired) electrons. The Labute approximate surface area is 116 Å². The van der Waals surface area contributed by atoms with Crippen LogP contribution < -0.4 is 0 Å². The van der Waals surface area contributed by atoms with Gasteiger partial charge in [0.1, 0.15) is 0 Å². The standard InChI is InChI=1S/C17H35N/c1-10-12(3)13(4)14(5)15(6)16(7)17(8)18(9)11-2/h11-17H,2,10H2,1,3-9H3. The minimum Gasteiger partial charge on any atom is -0.378 e. The average molecular weight is 253 g/mol. The van der Waals surface area contributed by atoms with E-state index in [2.05, 4.69) is 67.0 Å². The first-order valence-corrected chi connectivity index (χ1v) is 7.62. The predicted octanol–water partition coefficient (Wildman–Crippen LogP) is 5.04. The minimum atomic E-state index is 0.559. The van der Waals surface area contributed by atoms with Crippen LogP contribution in [0.15, 0.2) is 12.8 Å². The van der Waals surface area contributed by atoms with E-state index >= 15 is 0 Å². The van der Waals surface area contributed by atoms with Crippen LogP contribution in [-0.4, -0.2) is 18.0 Å². The topological polar surface area (TPSA) is 3.24 Å². The molecule has 0 amide bonds. The molecule has 0 heterocycles. The van der Waals surface area contributed by atoms with Crippen LogP contribution in [0.2, 0.25) is 0 Å². The molecule has 0 aliphatic heterocycles. The maximum atomic E-state index is 3.87. The van der Waals surface area contributed by atoms with Gasteiger partial charge in [-0.3, -0.25) is 0 Å². The predicted molar refractivity (Wildman–Crippen MR) is 83.5 cm³/mol. The van der Waals surface area contributed by atoms with E-state index in [1.165, 1.54) is 6.42 Å². The lowest BCUT2D eigenvalue weighted by molar-refractivity contribution is 0.121. The Bertz CT molecular complexity index is 236. The Balaban J connectivity index is 4.62. The van der Waals surface area contributed by atoms with Gasteiger partial charge in [-0.2, -0.15) is 0 Å². The van der Waals surface area contributed by atoms with Crippen molar-refractivity contribution in [2.45, 2.75) is 60.9 Å². The zero-order valence-electron chi connectivity index (χ0n) is 13.9. The first kappa shape index (κ1) is 17.5. The molecule has 1 nitrogen and oxygen atoms in total. The highest BCUT2D eigenvalue weighted by Crippen LogP contribution is 2.34. The van der Waals surface area contributed by atoms with Gasteiger partial charge in [0.25, 0.3) is 0 Å². The Morgan fingerprint density at radius 1 is 0.889 bits per heavy atom. The third kappa shape index (κ3) is 4.33. The van der Waals surface area contributed by atoms with Crippen LogP contribution >= 0.6 is 0 Å². The molecule has 0 aromatic heterocycles. The van der Waals surface area contributed by atoms with Crippen LogP contribution in [0.4, 0.5) is 0 Å². The molecule has 0 N–H and O–H groups in total. The molecule has 0 fully saturated rings. The van der Waals surface area contributed by atoms with Gasteiger partial charge in [0.05, 0.1) is 0 Å². The second-order valence-electron chi connectivity index (χ2n) is 6.41. The first-order valence-electron chi connectivity index (χ1n) is 7.62. The summed E-state index contributed by atoms with van der Waals surface area (Å²) in [6.07, 6.45) is 3.23. The van der Waals surface area contributed by atoms with Crippen molar-refractivity contribution in [3.05, 3.63) is 12.8 Å². The monoisotopic (exact) mass is 253 g/mol. The van der Waals surface area contributed by atoms with Gasteiger partial charge in [-0.25, -0.2) is 0 Å². The number of rotatable bonds is 8. The number of hydrogen-bond donors (Lipinski definition) is 0. The third-order valence-electron chi connectivity index (χ3n) is 5.72.